The summed E-state index contributed by atoms with van der Waals surface area (Å²) in [7, 11) is -3.50. The lowest BCUT2D eigenvalue weighted by Gasteiger charge is -2.38. The van der Waals surface area contributed by atoms with E-state index in [1.165, 1.54) is 0 Å². The number of nitrogens with two attached hydrogens (primary N) is 1. The topological polar surface area (TPSA) is 83.7 Å². The molecular formula is C20H31N3O3S. The minimum absolute atomic E-state index is 0.00830. The van der Waals surface area contributed by atoms with Gasteiger partial charge in [-0.05, 0) is 50.2 Å². The number of hydrogen-bond donors (Lipinski definition) is 1. The van der Waals surface area contributed by atoms with Crippen molar-refractivity contribution in [3.63, 3.8) is 0 Å². The third-order valence-electron chi connectivity index (χ3n) is 5.40. The largest absolute Gasteiger partial charge is 0.341 e. The first kappa shape index (κ1) is 20.3. The fraction of sp³-hybridized carbons (Fsp3) is 0.650. The zero-order valence-corrected chi connectivity index (χ0v) is 17.1. The number of likely N-dealkylation sites (tertiary alicyclic amines) is 1. The Bertz CT molecular complexity index is 739. The van der Waals surface area contributed by atoms with E-state index in [0.717, 1.165) is 12.8 Å². The minimum Gasteiger partial charge on any atom is -0.341 e. The van der Waals surface area contributed by atoms with Gasteiger partial charge in [0.2, 0.25) is 15.9 Å². The molecule has 0 bridgehead atoms. The number of sulfonamides is 1. The van der Waals surface area contributed by atoms with Crippen molar-refractivity contribution in [2.24, 2.45) is 11.7 Å². The molecule has 0 aromatic heterocycles. The highest BCUT2D eigenvalue weighted by atomic mass is 32.2. The molecule has 7 heteroatoms. The zero-order chi connectivity index (χ0) is 19.6. The fourth-order valence-electron chi connectivity index (χ4n) is 3.92. The third kappa shape index (κ3) is 4.70. The highest BCUT2D eigenvalue weighted by Crippen LogP contribution is 2.36. The van der Waals surface area contributed by atoms with Crippen molar-refractivity contribution in [1.29, 1.82) is 0 Å². The van der Waals surface area contributed by atoms with Crippen LogP contribution in [0.5, 0.6) is 0 Å². The van der Waals surface area contributed by atoms with Crippen LogP contribution in [0.2, 0.25) is 0 Å². The first-order chi connectivity index (χ1) is 12.8. The van der Waals surface area contributed by atoms with E-state index in [0.29, 0.717) is 43.2 Å². The molecule has 2 aliphatic rings. The van der Waals surface area contributed by atoms with E-state index < -0.39 is 16.1 Å². The number of carbonyl (C=O) groups excluding carboxylic acids is 1. The lowest BCUT2D eigenvalue weighted by Crippen LogP contribution is -2.52. The molecule has 0 spiro atoms. The molecule has 1 aromatic carbocycles. The average molecular weight is 394 g/mol. The number of hydrogen-bond acceptors (Lipinski definition) is 4. The molecule has 1 aromatic rings. The molecule has 1 amide bonds. The molecule has 2 fully saturated rings. The highest BCUT2D eigenvalue weighted by molar-refractivity contribution is 7.89. The number of nitrogens with zero attached hydrogens (tertiary/aromatic N) is 2. The summed E-state index contributed by atoms with van der Waals surface area (Å²) in [4.78, 5) is 14.7. The molecule has 27 heavy (non-hydrogen) atoms. The number of carbonyl (C=O) groups is 1. The van der Waals surface area contributed by atoms with Gasteiger partial charge in [-0.25, -0.2) is 8.42 Å². The Kier molecular flexibility index (Phi) is 6.23. The summed E-state index contributed by atoms with van der Waals surface area (Å²) in [5.74, 6) is 0.369. The molecule has 150 valence electrons. The second-order valence-corrected chi connectivity index (χ2v) is 10.0. The smallest absolute Gasteiger partial charge is 0.243 e. The standard InChI is InChI=1S/C20H31N3O3S/c1-15(2)14-19(21)20(24)22-12-10-17(11-13-22)23(16-8-9-16)27(25,26)18-6-4-3-5-7-18/h3-7,15-17,19H,8-14,21H2,1-2H3/t19-/m0/s1. The molecule has 3 rings (SSSR count). The lowest BCUT2D eigenvalue weighted by molar-refractivity contribution is -0.134. The predicted molar refractivity (Wildman–Crippen MR) is 106 cm³/mol. The van der Waals surface area contributed by atoms with Crippen molar-refractivity contribution < 1.29 is 13.2 Å². The number of benzene rings is 1. The Morgan fingerprint density at radius 2 is 1.67 bits per heavy atom. The molecule has 1 aliphatic carbocycles. The predicted octanol–water partition coefficient (Wildman–Crippen LogP) is 2.20. The molecule has 1 saturated carbocycles. The van der Waals surface area contributed by atoms with Crippen LogP contribution in [0.15, 0.2) is 35.2 Å². The van der Waals surface area contributed by atoms with Crippen molar-refractivity contribution in [2.75, 3.05) is 13.1 Å². The van der Waals surface area contributed by atoms with E-state index in [1.807, 2.05) is 11.0 Å². The van der Waals surface area contributed by atoms with Crippen LogP contribution in [0.3, 0.4) is 0 Å². The summed E-state index contributed by atoms with van der Waals surface area (Å²) in [5, 5.41) is 0. The maximum atomic E-state index is 13.2. The van der Waals surface area contributed by atoms with Gasteiger partial charge in [0.1, 0.15) is 0 Å². The van der Waals surface area contributed by atoms with E-state index in [-0.39, 0.29) is 18.0 Å². The molecular weight excluding hydrogens is 362 g/mol. The fourth-order valence-corrected chi connectivity index (χ4v) is 5.87. The Hall–Kier alpha value is -1.44. The van der Waals surface area contributed by atoms with Crippen LogP contribution in [-0.4, -0.2) is 54.7 Å². The van der Waals surface area contributed by atoms with Crippen LogP contribution in [0, 0.1) is 5.92 Å². The average Bonchev–Trinajstić information content (AvgIpc) is 3.46. The van der Waals surface area contributed by atoms with Crippen LogP contribution in [0.25, 0.3) is 0 Å². The van der Waals surface area contributed by atoms with Gasteiger partial charge in [0.15, 0.2) is 0 Å². The SMILES string of the molecule is CC(C)C[C@H](N)C(=O)N1CCC(N(C2CC2)S(=O)(=O)c2ccccc2)CC1. The summed E-state index contributed by atoms with van der Waals surface area (Å²) in [6.45, 7) is 5.26. The van der Waals surface area contributed by atoms with Gasteiger partial charge >= 0.3 is 0 Å². The van der Waals surface area contributed by atoms with E-state index in [4.69, 9.17) is 5.73 Å². The summed E-state index contributed by atoms with van der Waals surface area (Å²) < 4.78 is 28.1. The minimum atomic E-state index is -3.50. The molecule has 1 saturated heterocycles. The number of rotatable bonds is 7. The normalized spacial score (nSPS) is 20.3. The van der Waals surface area contributed by atoms with E-state index in [2.05, 4.69) is 13.8 Å². The maximum absolute atomic E-state index is 13.2. The van der Waals surface area contributed by atoms with E-state index in [9.17, 15) is 13.2 Å². The summed E-state index contributed by atoms with van der Waals surface area (Å²) in [6.07, 6.45) is 3.86. The highest BCUT2D eigenvalue weighted by Gasteiger charge is 2.43. The molecule has 0 radical (unpaired) electrons. The van der Waals surface area contributed by atoms with Crippen molar-refractivity contribution in [2.45, 2.75) is 69.0 Å². The van der Waals surface area contributed by atoms with E-state index >= 15 is 0 Å². The molecule has 1 heterocycles. The van der Waals surface area contributed by atoms with Crippen LogP contribution in [0.4, 0.5) is 0 Å². The van der Waals surface area contributed by atoms with Crippen LogP contribution in [-0.2, 0) is 14.8 Å². The lowest BCUT2D eigenvalue weighted by atomic mass is 10.0. The van der Waals surface area contributed by atoms with Gasteiger partial charge in [0.25, 0.3) is 0 Å². The summed E-state index contributed by atoms with van der Waals surface area (Å²) >= 11 is 0. The summed E-state index contributed by atoms with van der Waals surface area (Å²) in [6, 6.07) is 8.26. The first-order valence-electron chi connectivity index (χ1n) is 9.93. The van der Waals surface area contributed by atoms with E-state index in [1.54, 1.807) is 28.6 Å². The van der Waals surface area contributed by atoms with Gasteiger partial charge < -0.3 is 10.6 Å². The first-order valence-corrected chi connectivity index (χ1v) is 11.4. The Morgan fingerprint density at radius 1 is 1.11 bits per heavy atom. The van der Waals surface area contributed by atoms with Gasteiger partial charge in [0, 0.05) is 25.2 Å². The van der Waals surface area contributed by atoms with Crippen molar-refractivity contribution in [3.8, 4) is 0 Å². The molecule has 1 aliphatic heterocycles. The third-order valence-corrected chi connectivity index (χ3v) is 7.42. The molecule has 0 unspecified atom stereocenters. The number of amides is 1. The van der Waals surface area contributed by atoms with Crippen molar-refractivity contribution in [1.82, 2.24) is 9.21 Å². The monoisotopic (exact) mass is 393 g/mol. The van der Waals surface area contributed by atoms with Gasteiger partial charge in [-0.2, -0.15) is 4.31 Å². The zero-order valence-electron chi connectivity index (χ0n) is 16.3. The Balaban J connectivity index is 1.67. The number of piperidine rings is 1. The van der Waals surface area contributed by atoms with Gasteiger partial charge in [-0.1, -0.05) is 32.0 Å². The van der Waals surface area contributed by atoms with Crippen molar-refractivity contribution in [3.05, 3.63) is 30.3 Å². The van der Waals surface area contributed by atoms with Crippen LogP contribution >= 0.6 is 0 Å². The maximum Gasteiger partial charge on any atom is 0.243 e. The van der Waals surface area contributed by atoms with Gasteiger partial charge in [-0.15, -0.1) is 0 Å². The van der Waals surface area contributed by atoms with Gasteiger partial charge in [0.05, 0.1) is 10.9 Å². The molecule has 1 atom stereocenters. The van der Waals surface area contributed by atoms with Crippen molar-refractivity contribution >= 4 is 15.9 Å². The van der Waals surface area contributed by atoms with Gasteiger partial charge in [-0.3, -0.25) is 4.79 Å². The second-order valence-electron chi connectivity index (χ2n) is 8.17. The quantitative estimate of drug-likeness (QED) is 0.770. The molecule has 2 N–H and O–H groups in total. The van der Waals surface area contributed by atoms with Crippen LogP contribution < -0.4 is 5.73 Å². The second kappa shape index (κ2) is 8.29. The Labute approximate surface area is 162 Å². The summed E-state index contributed by atoms with van der Waals surface area (Å²) in [5.41, 5.74) is 6.05. The van der Waals surface area contributed by atoms with Crippen LogP contribution in [0.1, 0.15) is 46.0 Å². The molecule has 6 nitrogen and oxygen atoms in total. The Morgan fingerprint density at radius 3 is 2.19 bits per heavy atom.